The molecule has 0 spiro atoms. The van der Waals surface area contributed by atoms with Gasteiger partial charge in [-0.3, -0.25) is 0 Å². The average molecular weight is 248 g/mol. The van der Waals surface area contributed by atoms with Crippen molar-refractivity contribution in [3.63, 3.8) is 0 Å². The summed E-state index contributed by atoms with van der Waals surface area (Å²) in [5.41, 5.74) is 3.61. The van der Waals surface area contributed by atoms with E-state index in [4.69, 9.17) is 0 Å². The molecular formula is C15H24OSi. The molecular weight excluding hydrogens is 224 g/mol. The van der Waals surface area contributed by atoms with Crippen LogP contribution in [0.25, 0.3) is 0 Å². The van der Waals surface area contributed by atoms with Gasteiger partial charge in [0.15, 0.2) is 0 Å². The summed E-state index contributed by atoms with van der Waals surface area (Å²) in [6.07, 6.45) is 4.55. The molecule has 1 nitrogen and oxygen atoms in total. The summed E-state index contributed by atoms with van der Waals surface area (Å²) >= 11 is 0. The number of hydrogen-bond donors (Lipinski definition) is 1. The molecule has 1 N–H and O–H groups in total. The predicted molar refractivity (Wildman–Crippen MR) is 77.9 cm³/mol. The van der Waals surface area contributed by atoms with Crippen molar-refractivity contribution in [3.05, 3.63) is 47.7 Å². The zero-order valence-electron chi connectivity index (χ0n) is 11.2. The van der Waals surface area contributed by atoms with E-state index in [0.717, 1.165) is 19.3 Å². The molecule has 0 aromatic heterocycles. The first-order valence-electron chi connectivity index (χ1n) is 6.37. The summed E-state index contributed by atoms with van der Waals surface area (Å²) in [7, 11) is -1.10. The van der Waals surface area contributed by atoms with Gasteiger partial charge in [0.05, 0.1) is 14.2 Å². The number of aryl methyl sites for hydroxylation is 1. The van der Waals surface area contributed by atoms with Crippen LogP contribution in [0.2, 0.25) is 19.6 Å². The summed E-state index contributed by atoms with van der Waals surface area (Å²) < 4.78 is 0. The largest absolute Gasteiger partial charge is 0.393 e. The molecule has 1 unspecified atom stereocenters. The van der Waals surface area contributed by atoms with Crippen LogP contribution in [0.15, 0.2) is 42.1 Å². The van der Waals surface area contributed by atoms with Gasteiger partial charge >= 0.3 is 0 Å². The normalized spacial score (nSPS) is 14.1. The third-order valence-corrected chi connectivity index (χ3v) is 3.87. The molecule has 17 heavy (non-hydrogen) atoms. The Kier molecular flexibility index (Phi) is 5.66. The summed E-state index contributed by atoms with van der Waals surface area (Å²) in [6, 6.07) is 10.4. The van der Waals surface area contributed by atoms with E-state index in [9.17, 15) is 5.11 Å². The van der Waals surface area contributed by atoms with Crippen molar-refractivity contribution < 1.29 is 5.11 Å². The number of rotatable bonds is 6. The minimum atomic E-state index is -1.10. The zero-order chi connectivity index (χ0) is 12.7. The fourth-order valence-electron chi connectivity index (χ4n) is 1.67. The van der Waals surface area contributed by atoms with E-state index in [2.05, 4.69) is 43.5 Å². The van der Waals surface area contributed by atoms with Crippen LogP contribution < -0.4 is 0 Å². The highest BCUT2D eigenvalue weighted by molar-refractivity contribution is 6.80. The second kappa shape index (κ2) is 6.77. The van der Waals surface area contributed by atoms with Crippen molar-refractivity contribution in [1.29, 1.82) is 0 Å². The number of benzene rings is 1. The first-order chi connectivity index (χ1) is 7.97. The second-order valence-electron chi connectivity index (χ2n) is 5.68. The van der Waals surface area contributed by atoms with E-state index < -0.39 is 8.07 Å². The van der Waals surface area contributed by atoms with Crippen LogP contribution in [0, 0.1) is 0 Å². The number of aliphatic hydroxyl groups is 1. The van der Waals surface area contributed by atoms with Gasteiger partial charge in [-0.15, -0.1) is 0 Å². The fraction of sp³-hybridized carbons (Fsp3) is 0.467. The van der Waals surface area contributed by atoms with E-state index in [-0.39, 0.29) is 6.10 Å². The molecule has 0 aliphatic heterocycles. The van der Waals surface area contributed by atoms with E-state index in [1.54, 1.807) is 0 Å². The van der Waals surface area contributed by atoms with Gasteiger partial charge in [-0.05, 0) is 24.8 Å². The highest BCUT2D eigenvalue weighted by Gasteiger charge is 2.07. The fourth-order valence-corrected chi connectivity index (χ4v) is 2.52. The average Bonchev–Trinajstić information content (AvgIpc) is 2.26. The molecule has 0 fully saturated rings. The lowest BCUT2D eigenvalue weighted by Gasteiger charge is -2.11. The Balaban J connectivity index is 2.26. The molecule has 0 bridgehead atoms. The molecule has 0 saturated heterocycles. The van der Waals surface area contributed by atoms with Crippen LogP contribution in [0.5, 0.6) is 0 Å². The summed E-state index contributed by atoms with van der Waals surface area (Å²) in [5.74, 6) is 0. The van der Waals surface area contributed by atoms with Crippen molar-refractivity contribution in [3.8, 4) is 0 Å². The van der Waals surface area contributed by atoms with Crippen molar-refractivity contribution in [1.82, 2.24) is 0 Å². The van der Waals surface area contributed by atoms with Gasteiger partial charge in [0.2, 0.25) is 0 Å². The molecule has 2 heteroatoms. The van der Waals surface area contributed by atoms with E-state index in [1.807, 2.05) is 18.2 Å². The lowest BCUT2D eigenvalue weighted by atomic mass is 10.1. The predicted octanol–water partition coefficient (Wildman–Crippen LogP) is 3.80. The molecule has 0 aliphatic rings. The van der Waals surface area contributed by atoms with Crippen LogP contribution in [0.1, 0.15) is 18.4 Å². The summed E-state index contributed by atoms with van der Waals surface area (Å²) in [4.78, 5) is 0. The Bertz CT molecular complexity index is 338. The lowest BCUT2D eigenvalue weighted by Crippen LogP contribution is -2.16. The lowest BCUT2D eigenvalue weighted by molar-refractivity contribution is 0.168. The monoisotopic (exact) mass is 248 g/mol. The molecule has 1 aromatic rings. The minimum absolute atomic E-state index is 0.206. The maximum atomic E-state index is 9.87. The van der Waals surface area contributed by atoms with Crippen molar-refractivity contribution in [2.45, 2.75) is 45.0 Å². The summed E-state index contributed by atoms with van der Waals surface area (Å²) in [5, 5.41) is 9.87. The van der Waals surface area contributed by atoms with Gasteiger partial charge in [0, 0.05) is 0 Å². The topological polar surface area (TPSA) is 20.2 Å². The number of aliphatic hydroxyl groups excluding tert-OH is 1. The Morgan fingerprint density at radius 2 is 1.82 bits per heavy atom. The zero-order valence-corrected chi connectivity index (χ0v) is 12.2. The van der Waals surface area contributed by atoms with Crippen molar-refractivity contribution >= 4 is 8.07 Å². The first-order valence-corrected chi connectivity index (χ1v) is 9.95. The molecule has 0 aliphatic carbocycles. The number of hydrogen-bond acceptors (Lipinski definition) is 1. The standard InChI is InChI=1S/C15H24OSi/c1-17(2,3)13-7-10-15(16)12-11-14-8-5-4-6-9-14/h4-9,13,15-16H,10-12H2,1-3H3. The van der Waals surface area contributed by atoms with Crippen molar-refractivity contribution in [2.75, 3.05) is 0 Å². The molecule has 1 aromatic carbocycles. The van der Waals surface area contributed by atoms with E-state index >= 15 is 0 Å². The van der Waals surface area contributed by atoms with Gasteiger partial charge in [-0.25, -0.2) is 0 Å². The van der Waals surface area contributed by atoms with Gasteiger partial charge in [-0.2, -0.15) is 0 Å². The molecule has 94 valence electrons. The Labute approximate surface area is 106 Å². The Hall–Kier alpha value is -0.863. The Morgan fingerprint density at radius 1 is 1.18 bits per heavy atom. The molecule has 0 amide bonds. The van der Waals surface area contributed by atoms with E-state index in [1.165, 1.54) is 5.56 Å². The molecule has 0 radical (unpaired) electrons. The maximum Gasteiger partial charge on any atom is 0.0682 e. The Morgan fingerprint density at radius 3 is 2.41 bits per heavy atom. The van der Waals surface area contributed by atoms with Gasteiger partial charge < -0.3 is 5.11 Å². The highest BCUT2D eigenvalue weighted by atomic mass is 28.3. The quantitative estimate of drug-likeness (QED) is 0.759. The smallest absolute Gasteiger partial charge is 0.0682 e. The molecule has 0 heterocycles. The maximum absolute atomic E-state index is 9.87. The van der Waals surface area contributed by atoms with Crippen LogP contribution in [0.3, 0.4) is 0 Å². The van der Waals surface area contributed by atoms with Crippen LogP contribution in [-0.2, 0) is 6.42 Å². The first kappa shape index (κ1) is 14.2. The van der Waals surface area contributed by atoms with Gasteiger partial charge in [-0.1, -0.05) is 61.7 Å². The highest BCUT2D eigenvalue weighted by Crippen LogP contribution is 2.09. The minimum Gasteiger partial charge on any atom is -0.393 e. The van der Waals surface area contributed by atoms with Crippen LogP contribution >= 0.6 is 0 Å². The molecule has 1 rings (SSSR count). The SMILES string of the molecule is C[Si](C)(C)C=CCC(O)CCc1ccccc1. The van der Waals surface area contributed by atoms with Gasteiger partial charge in [0.1, 0.15) is 0 Å². The second-order valence-corrected chi connectivity index (χ2v) is 10.7. The van der Waals surface area contributed by atoms with Gasteiger partial charge in [0.25, 0.3) is 0 Å². The molecule has 0 saturated carbocycles. The van der Waals surface area contributed by atoms with Crippen molar-refractivity contribution in [2.24, 2.45) is 0 Å². The third-order valence-electron chi connectivity index (χ3n) is 2.64. The third kappa shape index (κ3) is 7.13. The van der Waals surface area contributed by atoms with Crippen LogP contribution in [-0.4, -0.2) is 19.3 Å². The molecule has 1 atom stereocenters. The van der Waals surface area contributed by atoms with E-state index in [0.29, 0.717) is 0 Å². The summed E-state index contributed by atoms with van der Waals surface area (Å²) in [6.45, 7) is 6.92. The van der Waals surface area contributed by atoms with Crippen LogP contribution in [0.4, 0.5) is 0 Å².